The molecule has 0 bridgehead atoms. The van der Waals surface area contributed by atoms with Gasteiger partial charge in [-0.1, -0.05) is 6.92 Å². The van der Waals surface area contributed by atoms with E-state index in [0.717, 1.165) is 25.6 Å². The Kier molecular flexibility index (Phi) is 4.92. The molecule has 1 rings (SSSR count). The van der Waals surface area contributed by atoms with E-state index in [2.05, 4.69) is 23.2 Å². The molecule has 1 aliphatic rings. The Morgan fingerprint density at radius 3 is 2.93 bits per heavy atom. The Morgan fingerprint density at radius 1 is 1.50 bits per heavy atom. The van der Waals surface area contributed by atoms with Crippen LogP contribution < -0.4 is 5.32 Å². The molecule has 0 aromatic carbocycles. The summed E-state index contributed by atoms with van der Waals surface area (Å²) < 4.78 is 0. The lowest BCUT2D eigenvalue weighted by Gasteiger charge is -2.22. The summed E-state index contributed by atoms with van der Waals surface area (Å²) in [6.07, 6.45) is 3.90. The molecule has 0 spiro atoms. The van der Waals surface area contributed by atoms with E-state index >= 15 is 0 Å². The average molecular weight is 195 g/mol. The number of hydrogen-bond donors (Lipinski definition) is 1. The maximum atomic E-state index is 8.84. The monoisotopic (exact) mass is 195 g/mol. The van der Waals surface area contributed by atoms with Gasteiger partial charge in [0.2, 0.25) is 0 Å². The van der Waals surface area contributed by atoms with Gasteiger partial charge in [0.05, 0.1) is 6.07 Å². The van der Waals surface area contributed by atoms with E-state index in [-0.39, 0.29) is 6.04 Å². The number of likely N-dealkylation sites (N-methyl/N-ethyl adjacent to an activating group) is 1. The molecular formula is C11H21N3. The Bertz CT molecular complexity index is 197. The van der Waals surface area contributed by atoms with Crippen LogP contribution in [0.5, 0.6) is 0 Å². The first-order valence-electron chi connectivity index (χ1n) is 5.55. The Hall–Kier alpha value is -0.590. The lowest BCUT2D eigenvalue weighted by molar-refractivity contribution is 0.268. The van der Waals surface area contributed by atoms with Crippen molar-refractivity contribution in [2.24, 2.45) is 5.92 Å². The number of rotatable bonds is 3. The van der Waals surface area contributed by atoms with Crippen molar-refractivity contribution in [1.82, 2.24) is 10.2 Å². The van der Waals surface area contributed by atoms with E-state index in [9.17, 15) is 0 Å². The fourth-order valence-corrected chi connectivity index (χ4v) is 1.96. The lowest BCUT2D eigenvalue weighted by Crippen LogP contribution is -2.39. The number of nitriles is 1. The highest BCUT2D eigenvalue weighted by Crippen LogP contribution is 2.16. The average Bonchev–Trinajstić information content (AvgIpc) is 2.40. The molecule has 0 aliphatic carbocycles. The maximum absolute atomic E-state index is 8.84. The van der Waals surface area contributed by atoms with Gasteiger partial charge in [0.25, 0.3) is 0 Å². The Labute approximate surface area is 87.1 Å². The van der Waals surface area contributed by atoms with Crippen molar-refractivity contribution < 1.29 is 0 Å². The predicted molar refractivity (Wildman–Crippen MR) is 57.9 cm³/mol. The molecule has 1 fully saturated rings. The van der Waals surface area contributed by atoms with Gasteiger partial charge in [0, 0.05) is 6.54 Å². The highest BCUT2D eigenvalue weighted by atomic mass is 15.1. The number of likely N-dealkylation sites (tertiary alicyclic amines) is 1. The minimum Gasteiger partial charge on any atom is -0.304 e. The van der Waals surface area contributed by atoms with E-state index in [4.69, 9.17) is 5.26 Å². The summed E-state index contributed by atoms with van der Waals surface area (Å²) in [4.78, 5) is 2.41. The van der Waals surface area contributed by atoms with Gasteiger partial charge < -0.3 is 10.2 Å². The predicted octanol–water partition coefficient (Wildman–Crippen LogP) is 1.22. The second kappa shape index (κ2) is 6.00. The van der Waals surface area contributed by atoms with Gasteiger partial charge in [-0.15, -0.1) is 0 Å². The summed E-state index contributed by atoms with van der Waals surface area (Å²) in [6, 6.07) is 2.27. The molecule has 0 saturated carbocycles. The SMILES string of the molecule is CNC(C#N)CN1CCCC(C)CC1. The van der Waals surface area contributed by atoms with Crippen LogP contribution in [0, 0.1) is 17.2 Å². The second-order valence-electron chi connectivity index (χ2n) is 4.31. The van der Waals surface area contributed by atoms with Crippen LogP contribution >= 0.6 is 0 Å². The van der Waals surface area contributed by atoms with E-state index in [1.54, 1.807) is 0 Å². The van der Waals surface area contributed by atoms with Gasteiger partial charge >= 0.3 is 0 Å². The molecule has 0 amide bonds. The number of nitrogens with zero attached hydrogens (tertiary/aromatic N) is 2. The third-order valence-corrected chi connectivity index (χ3v) is 3.05. The minimum absolute atomic E-state index is 0.0107. The molecule has 1 saturated heterocycles. The summed E-state index contributed by atoms with van der Waals surface area (Å²) in [6.45, 7) is 5.51. The van der Waals surface area contributed by atoms with Crippen molar-refractivity contribution >= 4 is 0 Å². The largest absolute Gasteiger partial charge is 0.304 e. The normalized spacial score (nSPS) is 26.5. The molecule has 2 atom stereocenters. The Morgan fingerprint density at radius 2 is 2.29 bits per heavy atom. The van der Waals surface area contributed by atoms with Gasteiger partial charge in [-0.05, 0) is 45.3 Å². The molecule has 80 valence electrons. The molecule has 2 unspecified atom stereocenters. The standard InChI is InChI=1S/C11H21N3/c1-10-4-3-6-14(7-5-10)9-11(8-12)13-2/h10-11,13H,3-7,9H2,1-2H3. The first-order valence-corrected chi connectivity index (χ1v) is 5.55. The summed E-state index contributed by atoms with van der Waals surface area (Å²) >= 11 is 0. The van der Waals surface area contributed by atoms with Gasteiger partial charge in [0.15, 0.2) is 0 Å². The molecule has 3 heteroatoms. The summed E-state index contributed by atoms with van der Waals surface area (Å²) in [5, 5.41) is 11.9. The quantitative estimate of drug-likeness (QED) is 0.736. The lowest BCUT2D eigenvalue weighted by atomic mass is 10.0. The third-order valence-electron chi connectivity index (χ3n) is 3.05. The molecule has 1 aliphatic heterocycles. The van der Waals surface area contributed by atoms with Crippen LogP contribution in [0.25, 0.3) is 0 Å². The van der Waals surface area contributed by atoms with E-state index in [1.807, 2.05) is 7.05 Å². The van der Waals surface area contributed by atoms with E-state index in [1.165, 1.54) is 19.3 Å². The van der Waals surface area contributed by atoms with Crippen molar-refractivity contribution in [3.8, 4) is 6.07 Å². The van der Waals surface area contributed by atoms with Crippen LogP contribution in [0.15, 0.2) is 0 Å². The van der Waals surface area contributed by atoms with Crippen molar-refractivity contribution in [1.29, 1.82) is 5.26 Å². The van der Waals surface area contributed by atoms with Crippen LogP contribution in [0.4, 0.5) is 0 Å². The first kappa shape index (κ1) is 11.5. The highest BCUT2D eigenvalue weighted by Gasteiger charge is 2.16. The van der Waals surface area contributed by atoms with Gasteiger partial charge in [-0.2, -0.15) is 5.26 Å². The van der Waals surface area contributed by atoms with Crippen LogP contribution in [-0.4, -0.2) is 37.6 Å². The zero-order valence-corrected chi connectivity index (χ0v) is 9.29. The minimum atomic E-state index is -0.0107. The zero-order chi connectivity index (χ0) is 10.4. The molecule has 0 aromatic heterocycles. The second-order valence-corrected chi connectivity index (χ2v) is 4.31. The molecule has 14 heavy (non-hydrogen) atoms. The van der Waals surface area contributed by atoms with Gasteiger partial charge in [-0.3, -0.25) is 0 Å². The topological polar surface area (TPSA) is 39.1 Å². The highest BCUT2D eigenvalue weighted by molar-refractivity contribution is 4.91. The molecule has 1 heterocycles. The van der Waals surface area contributed by atoms with E-state index in [0.29, 0.717) is 0 Å². The smallest absolute Gasteiger partial charge is 0.108 e. The maximum Gasteiger partial charge on any atom is 0.108 e. The fraction of sp³-hybridized carbons (Fsp3) is 0.909. The Balaban J connectivity index is 2.33. The summed E-state index contributed by atoms with van der Waals surface area (Å²) in [7, 11) is 1.86. The van der Waals surface area contributed by atoms with Crippen molar-refractivity contribution in [3.63, 3.8) is 0 Å². The molecule has 0 aromatic rings. The van der Waals surface area contributed by atoms with Crippen LogP contribution in [-0.2, 0) is 0 Å². The molecular weight excluding hydrogens is 174 g/mol. The van der Waals surface area contributed by atoms with Crippen molar-refractivity contribution in [2.75, 3.05) is 26.7 Å². The molecule has 3 nitrogen and oxygen atoms in total. The summed E-state index contributed by atoms with van der Waals surface area (Å²) in [5.74, 6) is 0.857. The fourth-order valence-electron chi connectivity index (χ4n) is 1.96. The van der Waals surface area contributed by atoms with Crippen LogP contribution in [0.3, 0.4) is 0 Å². The van der Waals surface area contributed by atoms with Crippen molar-refractivity contribution in [3.05, 3.63) is 0 Å². The van der Waals surface area contributed by atoms with Crippen LogP contribution in [0.1, 0.15) is 26.2 Å². The zero-order valence-electron chi connectivity index (χ0n) is 9.29. The first-order chi connectivity index (χ1) is 6.76. The van der Waals surface area contributed by atoms with Gasteiger partial charge in [0.1, 0.15) is 6.04 Å². The molecule has 1 N–H and O–H groups in total. The van der Waals surface area contributed by atoms with Crippen LogP contribution in [0.2, 0.25) is 0 Å². The molecule has 0 radical (unpaired) electrons. The number of nitrogens with one attached hydrogen (secondary N) is 1. The summed E-state index contributed by atoms with van der Waals surface area (Å²) in [5.41, 5.74) is 0. The number of hydrogen-bond acceptors (Lipinski definition) is 3. The van der Waals surface area contributed by atoms with E-state index < -0.39 is 0 Å². The third kappa shape index (κ3) is 3.65. The van der Waals surface area contributed by atoms with Crippen molar-refractivity contribution in [2.45, 2.75) is 32.2 Å². The van der Waals surface area contributed by atoms with Gasteiger partial charge in [-0.25, -0.2) is 0 Å².